The van der Waals surface area contributed by atoms with Gasteiger partial charge in [0, 0.05) is 18.0 Å². The van der Waals surface area contributed by atoms with Gasteiger partial charge in [0.2, 0.25) is 5.91 Å². The first-order valence-electron chi connectivity index (χ1n) is 14.3. The lowest BCUT2D eigenvalue weighted by atomic mass is 9.97. The van der Waals surface area contributed by atoms with Crippen LogP contribution in [0, 0.1) is 6.92 Å². The number of rotatable bonds is 12. The van der Waals surface area contributed by atoms with Crippen molar-refractivity contribution in [3.63, 3.8) is 0 Å². The summed E-state index contributed by atoms with van der Waals surface area (Å²) in [6, 6.07) is 19.4. The Morgan fingerprint density at radius 3 is 2.27 bits per heavy atom. The Hall–Kier alpha value is -3.52. The molecule has 0 radical (unpaired) electrons. The molecule has 0 heterocycles. The van der Waals surface area contributed by atoms with Crippen molar-refractivity contribution in [3.8, 4) is 0 Å². The molecule has 0 saturated heterocycles. The number of aryl methyl sites for hydroxylation is 1. The average Bonchev–Trinajstić information content (AvgIpc) is 2.92. The summed E-state index contributed by atoms with van der Waals surface area (Å²) in [6.07, 6.45) is 2.99. The molecule has 7 nitrogen and oxygen atoms in total. The minimum Gasteiger partial charge on any atom is -0.444 e. The Morgan fingerprint density at radius 2 is 1.61 bits per heavy atom. The van der Waals surface area contributed by atoms with Crippen molar-refractivity contribution in [3.05, 3.63) is 77.9 Å². The van der Waals surface area contributed by atoms with Crippen LogP contribution < -0.4 is 10.6 Å². The van der Waals surface area contributed by atoms with Gasteiger partial charge in [-0.05, 0) is 68.1 Å². The second kappa shape index (κ2) is 14.9. The SMILES string of the molecule is CCCCCCN(C(=O)C(CS)NC(=O)OC(C)(C)C)C(C(=O)Nc1ccc2ccccc2c1)c1ccccc1C. The van der Waals surface area contributed by atoms with E-state index in [0.29, 0.717) is 12.2 Å². The largest absolute Gasteiger partial charge is 0.444 e. The predicted octanol–water partition coefficient (Wildman–Crippen LogP) is 7.06. The third kappa shape index (κ3) is 9.25. The van der Waals surface area contributed by atoms with Crippen LogP contribution in [0.2, 0.25) is 0 Å². The number of thiol groups is 1. The Labute approximate surface area is 249 Å². The first-order valence-corrected chi connectivity index (χ1v) is 14.9. The van der Waals surface area contributed by atoms with Gasteiger partial charge in [0.05, 0.1) is 0 Å². The van der Waals surface area contributed by atoms with Crippen LogP contribution in [0.5, 0.6) is 0 Å². The number of ether oxygens (including phenoxy) is 1. The normalized spacial score (nSPS) is 12.8. The van der Waals surface area contributed by atoms with Gasteiger partial charge in [-0.25, -0.2) is 4.79 Å². The third-order valence-corrected chi connectivity index (χ3v) is 7.13. The van der Waals surface area contributed by atoms with Crippen LogP contribution in [0.25, 0.3) is 10.8 Å². The molecule has 2 unspecified atom stereocenters. The summed E-state index contributed by atoms with van der Waals surface area (Å²) in [7, 11) is 0. The highest BCUT2D eigenvalue weighted by molar-refractivity contribution is 7.80. The highest BCUT2D eigenvalue weighted by Crippen LogP contribution is 2.28. The fourth-order valence-corrected chi connectivity index (χ4v) is 4.98. The van der Waals surface area contributed by atoms with Crippen LogP contribution >= 0.6 is 12.6 Å². The van der Waals surface area contributed by atoms with Crippen LogP contribution in [-0.2, 0) is 14.3 Å². The Balaban J connectivity index is 1.99. The number of anilines is 1. The second-order valence-electron chi connectivity index (χ2n) is 11.3. The highest BCUT2D eigenvalue weighted by atomic mass is 32.1. The van der Waals surface area contributed by atoms with Gasteiger partial charge in [-0.3, -0.25) is 9.59 Å². The predicted molar refractivity (Wildman–Crippen MR) is 169 cm³/mol. The lowest BCUT2D eigenvalue weighted by molar-refractivity contribution is -0.140. The summed E-state index contributed by atoms with van der Waals surface area (Å²) >= 11 is 4.38. The smallest absolute Gasteiger partial charge is 0.408 e. The number of nitrogens with zero attached hydrogens (tertiary/aromatic N) is 1. The maximum absolute atomic E-state index is 14.1. The number of hydrogen-bond donors (Lipinski definition) is 3. The minimum atomic E-state index is -0.973. The van der Waals surface area contributed by atoms with Gasteiger partial charge >= 0.3 is 6.09 Å². The van der Waals surface area contributed by atoms with Gasteiger partial charge < -0.3 is 20.3 Å². The molecule has 3 amide bonds. The van der Waals surface area contributed by atoms with E-state index in [4.69, 9.17) is 4.74 Å². The number of alkyl carbamates (subject to hydrolysis) is 1. The Bertz CT molecular complexity index is 1340. The lowest BCUT2D eigenvalue weighted by Gasteiger charge is -2.35. The van der Waals surface area contributed by atoms with Crippen molar-refractivity contribution in [2.24, 2.45) is 0 Å². The molecule has 0 saturated carbocycles. The first-order chi connectivity index (χ1) is 19.5. The third-order valence-electron chi connectivity index (χ3n) is 6.77. The van der Waals surface area contributed by atoms with Crippen molar-refractivity contribution >= 4 is 47.0 Å². The van der Waals surface area contributed by atoms with Gasteiger partial charge in [0.25, 0.3) is 5.91 Å². The van der Waals surface area contributed by atoms with Gasteiger partial charge in [0.15, 0.2) is 0 Å². The Morgan fingerprint density at radius 1 is 0.927 bits per heavy atom. The van der Waals surface area contributed by atoms with Gasteiger partial charge in [-0.15, -0.1) is 0 Å². The molecule has 3 rings (SSSR count). The molecule has 2 N–H and O–H groups in total. The molecule has 220 valence electrons. The van der Waals surface area contributed by atoms with Crippen molar-refractivity contribution in [1.82, 2.24) is 10.2 Å². The average molecular weight is 578 g/mol. The fraction of sp³-hybridized carbons (Fsp3) is 0.424. The van der Waals surface area contributed by atoms with E-state index in [2.05, 4.69) is 30.2 Å². The molecule has 0 aliphatic carbocycles. The number of carbonyl (C=O) groups excluding carboxylic acids is 3. The highest BCUT2D eigenvalue weighted by Gasteiger charge is 2.36. The second-order valence-corrected chi connectivity index (χ2v) is 11.6. The number of hydrogen-bond acceptors (Lipinski definition) is 5. The summed E-state index contributed by atoms with van der Waals surface area (Å²) in [6.45, 7) is 9.68. The Kier molecular flexibility index (Phi) is 11.6. The number of amides is 3. The summed E-state index contributed by atoms with van der Waals surface area (Å²) < 4.78 is 5.40. The standard InChI is InChI=1S/C33H43N3O4S/c1-6-7-8-13-20-36(31(38)28(22-41)35-32(39)40-33(3,4)5)29(27-17-12-9-14-23(27)2)30(37)34-26-19-18-24-15-10-11-16-25(24)21-26/h9-12,14-19,21,28-29,41H,6-8,13,20,22H2,1-5H3,(H,34,37)(H,35,39). The zero-order chi connectivity index (χ0) is 30.0. The van der Waals surface area contributed by atoms with E-state index in [1.165, 1.54) is 0 Å². The molecule has 0 aliphatic rings. The maximum Gasteiger partial charge on any atom is 0.408 e. The van der Waals surface area contributed by atoms with E-state index < -0.39 is 23.8 Å². The molecule has 0 spiro atoms. The van der Waals surface area contributed by atoms with Crippen LogP contribution in [0.3, 0.4) is 0 Å². The summed E-state index contributed by atoms with van der Waals surface area (Å²) in [4.78, 5) is 42.4. The molecule has 0 fully saturated rings. The molecular formula is C33H43N3O4S. The molecule has 3 aromatic rings. The molecule has 0 aromatic heterocycles. The number of carbonyl (C=O) groups is 3. The zero-order valence-corrected chi connectivity index (χ0v) is 25.7. The van der Waals surface area contributed by atoms with Crippen LogP contribution in [0.1, 0.15) is 70.5 Å². The minimum absolute atomic E-state index is 0.0519. The van der Waals surface area contributed by atoms with Crippen molar-refractivity contribution in [1.29, 1.82) is 0 Å². The monoisotopic (exact) mass is 577 g/mol. The van der Waals surface area contributed by atoms with E-state index in [0.717, 1.165) is 47.6 Å². The number of benzene rings is 3. The van der Waals surface area contributed by atoms with E-state index in [1.807, 2.05) is 73.7 Å². The van der Waals surface area contributed by atoms with Crippen molar-refractivity contribution in [2.75, 3.05) is 17.6 Å². The summed E-state index contributed by atoms with van der Waals surface area (Å²) in [5.74, 6) is -0.658. The molecule has 0 aliphatic heterocycles. The zero-order valence-electron chi connectivity index (χ0n) is 24.8. The number of nitrogens with one attached hydrogen (secondary N) is 2. The topological polar surface area (TPSA) is 87.7 Å². The molecule has 0 bridgehead atoms. The van der Waals surface area contributed by atoms with Gasteiger partial charge in [-0.2, -0.15) is 12.6 Å². The molecular weight excluding hydrogens is 534 g/mol. The first kappa shape index (κ1) is 32.0. The van der Waals surface area contributed by atoms with E-state index in [1.54, 1.807) is 25.7 Å². The fourth-order valence-electron chi connectivity index (χ4n) is 4.73. The summed E-state index contributed by atoms with van der Waals surface area (Å²) in [5, 5.41) is 7.81. The summed E-state index contributed by atoms with van der Waals surface area (Å²) in [5.41, 5.74) is 1.53. The van der Waals surface area contributed by atoms with Crippen LogP contribution in [-0.4, -0.2) is 46.7 Å². The van der Waals surface area contributed by atoms with E-state index in [-0.39, 0.29) is 17.6 Å². The maximum atomic E-state index is 14.1. The van der Waals surface area contributed by atoms with Gasteiger partial charge in [0.1, 0.15) is 17.7 Å². The van der Waals surface area contributed by atoms with E-state index >= 15 is 0 Å². The number of unbranched alkanes of at least 4 members (excludes halogenated alkanes) is 3. The van der Waals surface area contributed by atoms with Crippen LogP contribution in [0.15, 0.2) is 66.7 Å². The van der Waals surface area contributed by atoms with E-state index in [9.17, 15) is 14.4 Å². The molecule has 41 heavy (non-hydrogen) atoms. The molecule has 2 atom stereocenters. The van der Waals surface area contributed by atoms with Crippen LogP contribution in [0.4, 0.5) is 10.5 Å². The quantitative estimate of drug-likeness (QED) is 0.159. The molecule has 3 aromatic carbocycles. The van der Waals surface area contributed by atoms with Crippen molar-refractivity contribution < 1.29 is 19.1 Å². The lowest BCUT2D eigenvalue weighted by Crippen LogP contribution is -2.53. The molecule has 8 heteroatoms. The number of fused-ring (bicyclic) bond motifs is 1. The van der Waals surface area contributed by atoms with Gasteiger partial charge in [-0.1, -0.05) is 80.8 Å². The van der Waals surface area contributed by atoms with Crippen molar-refractivity contribution in [2.45, 2.75) is 78.0 Å².